The van der Waals surface area contributed by atoms with Crippen molar-refractivity contribution in [2.24, 2.45) is 0 Å². The van der Waals surface area contributed by atoms with E-state index in [1.54, 1.807) is 0 Å². The fourth-order valence-corrected chi connectivity index (χ4v) is 1.71. The van der Waals surface area contributed by atoms with Crippen molar-refractivity contribution in [3.05, 3.63) is 35.6 Å². The number of carbonyl (C=O) groups excluding carboxylic acids is 1. The average molecular weight is 238 g/mol. The third-order valence-corrected chi connectivity index (χ3v) is 2.71. The van der Waals surface area contributed by atoms with E-state index >= 15 is 0 Å². The van der Waals surface area contributed by atoms with Crippen molar-refractivity contribution in [1.29, 1.82) is 0 Å². The third kappa shape index (κ3) is 3.51. The highest BCUT2D eigenvalue weighted by Gasteiger charge is 2.15. The Hall–Kier alpha value is -1.46. The lowest BCUT2D eigenvalue weighted by molar-refractivity contribution is -0.0282. The molecule has 1 aliphatic heterocycles. The first-order valence-corrected chi connectivity index (χ1v) is 5.68. The third-order valence-electron chi connectivity index (χ3n) is 2.71. The summed E-state index contributed by atoms with van der Waals surface area (Å²) < 4.78 is 12.7. The quantitative estimate of drug-likeness (QED) is 0.779. The molecule has 1 fully saturated rings. The molecule has 1 amide bonds. The zero-order valence-electron chi connectivity index (χ0n) is 9.41. The Morgan fingerprint density at radius 1 is 1.29 bits per heavy atom. The smallest absolute Gasteiger partial charge is 0.274 e. The SMILES string of the molecule is O=C(NOC1CCNCC1)c1ccc(F)cc1. The molecule has 5 heteroatoms. The predicted molar refractivity (Wildman–Crippen MR) is 60.8 cm³/mol. The molecule has 1 aliphatic rings. The van der Waals surface area contributed by atoms with Crippen LogP contribution in [0.2, 0.25) is 0 Å². The van der Waals surface area contributed by atoms with Crippen molar-refractivity contribution in [1.82, 2.24) is 10.8 Å². The fourth-order valence-electron chi connectivity index (χ4n) is 1.71. The Kier molecular flexibility index (Phi) is 4.06. The van der Waals surface area contributed by atoms with E-state index in [4.69, 9.17) is 4.84 Å². The van der Waals surface area contributed by atoms with Gasteiger partial charge in [0.05, 0.1) is 6.10 Å². The van der Waals surface area contributed by atoms with Gasteiger partial charge >= 0.3 is 0 Å². The lowest BCUT2D eigenvalue weighted by Crippen LogP contribution is -2.37. The summed E-state index contributed by atoms with van der Waals surface area (Å²) in [6.45, 7) is 1.80. The first-order chi connectivity index (χ1) is 8.25. The maximum absolute atomic E-state index is 12.7. The van der Waals surface area contributed by atoms with E-state index in [-0.39, 0.29) is 17.8 Å². The van der Waals surface area contributed by atoms with E-state index in [1.807, 2.05) is 0 Å². The van der Waals surface area contributed by atoms with Gasteiger partial charge in [0.2, 0.25) is 0 Å². The maximum atomic E-state index is 12.7. The van der Waals surface area contributed by atoms with Crippen LogP contribution in [0.1, 0.15) is 23.2 Å². The van der Waals surface area contributed by atoms with Crippen LogP contribution >= 0.6 is 0 Å². The van der Waals surface area contributed by atoms with E-state index in [0.717, 1.165) is 25.9 Å². The molecule has 1 saturated heterocycles. The maximum Gasteiger partial charge on any atom is 0.274 e. The molecule has 0 bridgehead atoms. The van der Waals surface area contributed by atoms with Gasteiger partial charge in [0.25, 0.3) is 5.91 Å². The topological polar surface area (TPSA) is 50.4 Å². The second kappa shape index (κ2) is 5.75. The van der Waals surface area contributed by atoms with Crippen molar-refractivity contribution >= 4 is 5.91 Å². The van der Waals surface area contributed by atoms with Gasteiger partial charge in [-0.3, -0.25) is 9.63 Å². The lowest BCUT2D eigenvalue weighted by Gasteiger charge is -2.22. The van der Waals surface area contributed by atoms with Crippen LogP contribution < -0.4 is 10.8 Å². The molecule has 0 aliphatic carbocycles. The molecule has 92 valence electrons. The zero-order valence-corrected chi connectivity index (χ0v) is 9.41. The summed E-state index contributed by atoms with van der Waals surface area (Å²) >= 11 is 0. The minimum Gasteiger partial charge on any atom is -0.317 e. The largest absolute Gasteiger partial charge is 0.317 e. The molecule has 0 spiro atoms. The monoisotopic (exact) mass is 238 g/mol. The molecule has 17 heavy (non-hydrogen) atoms. The number of hydroxylamine groups is 1. The summed E-state index contributed by atoms with van der Waals surface area (Å²) in [5.74, 6) is -0.704. The van der Waals surface area contributed by atoms with Gasteiger partial charge in [-0.1, -0.05) is 0 Å². The summed E-state index contributed by atoms with van der Waals surface area (Å²) in [5.41, 5.74) is 2.79. The van der Waals surface area contributed by atoms with Crippen LogP contribution in [0.5, 0.6) is 0 Å². The number of nitrogens with one attached hydrogen (secondary N) is 2. The van der Waals surface area contributed by atoms with Crippen LogP contribution in [0.25, 0.3) is 0 Å². The van der Waals surface area contributed by atoms with Crippen molar-refractivity contribution in [2.45, 2.75) is 18.9 Å². The molecule has 1 heterocycles. The van der Waals surface area contributed by atoms with Gasteiger partial charge in [0.15, 0.2) is 0 Å². The highest BCUT2D eigenvalue weighted by Crippen LogP contribution is 2.07. The number of piperidine rings is 1. The van der Waals surface area contributed by atoms with Crippen LogP contribution in [0.4, 0.5) is 4.39 Å². The summed E-state index contributed by atoms with van der Waals surface area (Å²) in [4.78, 5) is 16.9. The molecule has 0 unspecified atom stereocenters. The summed E-state index contributed by atoms with van der Waals surface area (Å²) in [5, 5.41) is 3.21. The van der Waals surface area contributed by atoms with Crippen molar-refractivity contribution in [3.8, 4) is 0 Å². The first-order valence-electron chi connectivity index (χ1n) is 5.68. The van der Waals surface area contributed by atoms with Crippen LogP contribution in [0.15, 0.2) is 24.3 Å². The molecule has 2 N–H and O–H groups in total. The Morgan fingerprint density at radius 3 is 2.59 bits per heavy atom. The van der Waals surface area contributed by atoms with Crippen molar-refractivity contribution < 1.29 is 14.0 Å². The van der Waals surface area contributed by atoms with E-state index in [1.165, 1.54) is 24.3 Å². The minimum atomic E-state index is -0.360. The number of rotatable bonds is 3. The van der Waals surface area contributed by atoms with Crippen molar-refractivity contribution in [2.75, 3.05) is 13.1 Å². The normalized spacial score (nSPS) is 16.8. The molecule has 0 atom stereocenters. The number of halogens is 1. The first kappa shape index (κ1) is 12.0. The van der Waals surface area contributed by atoms with Gasteiger partial charge in [-0.2, -0.15) is 0 Å². The molecule has 0 radical (unpaired) electrons. The number of benzene rings is 1. The number of hydrogen-bond acceptors (Lipinski definition) is 3. The molecular weight excluding hydrogens is 223 g/mol. The number of hydrogen-bond donors (Lipinski definition) is 2. The van der Waals surface area contributed by atoms with Gasteiger partial charge in [-0.25, -0.2) is 9.87 Å². The molecule has 4 nitrogen and oxygen atoms in total. The minimum absolute atomic E-state index is 0.0562. The number of carbonyl (C=O) groups is 1. The summed E-state index contributed by atoms with van der Waals surface area (Å²) in [6, 6.07) is 5.35. The van der Waals surface area contributed by atoms with Gasteiger partial charge in [0.1, 0.15) is 5.82 Å². The molecule has 0 aromatic heterocycles. The average Bonchev–Trinajstić information content (AvgIpc) is 2.38. The molecule has 2 rings (SSSR count). The van der Waals surface area contributed by atoms with Gasteiger partial charge in [-0.05, 0) is 50.2 Å². The predicted octanol–water partition coefficient (Wildman–Crippen LogP) is 1.24. The van der Waals surface area contributed by atoms with Crippen LogP contribution in [0.3, 0.4) is 0 Å². The van der Waals surface area contributed by atoms with Crippen LogP contribution in [0, 0.1) is 5.82 Å². The molecule has 1 aromatic carbocycles. The van der Waals surface area contributed by atoms with E-state index in [9.17, 15) is 9.18 Å². The Labute approximate surface area is 99.1 Å². The van der Waals surface area contributed by atoms with Gasteiger partial charge < -0.3 is 5.32 Å². The Balaban J connectivity index is 1.82. The molecule has 0 saturated carbocycles. The molecular formula is C12H15FN2O2. The highest BCUT2D eigenvalue weighted by molar-refractivity contribution is 5.93. The zero-order chi connectivity index (χ0) is 12.1. The second-order valence-corrected chi connectivity index (χ2v) is 4.01. The van der Waals surface area contributed by atoms with E-state index in [0.29, 0.717) is 5.56 Å². The number of amides is 1. The van der Waals surface area contributed by atoms with Crippen molar-refractivity contribution in [3.63, 3.8) is 0 Å². The van der Waals surface area contributed by atoms with Gasteiger partial charge in [0, 0.05) is 5.56 Å². The second-order valence-electron chi connectivity index (χ2n) is 4.01. The highest BCUT2D eigenvalue weighted by atomic mass is 19.1. The summed E-state index contributed by atoms with van der Waals surface area (Å²) in [7, 11) is 0. The van der Waals surface area contributed by atoms with E-state index < -0.39 is 0 Å². The summed E-state index contributed by atoms with van der Waals surface area (Å²) in [6.07, 6.45) is 1.81. The lowest BCUT2D eigenvalue weighted by atomic mass is 10.1. The van der Waals surface area contributed by atoms with E-state index in [2.05, 4.69) is 10.8 Å². The molecule has 1 aromatic rings. The van der Waals surface area contributed by atoms with Gasteiger partial charge in [-0.15, -0.1) is 0 Å². The van der Waals surface area contributed by atoms with Crippen LogP contribution in [-0.2, 0) is 4.84 Å². The van der Waals surface area contributed by atoms with Crippen LogP contribution in [-0.4, -0.2) is 25.1 Å². The Bertz CT molecular complexity index is 375. The standard InChI is InChI=1S/C12H15FN2O2/c13-10-3-1-9(2-4-10)12(16)15-17-11-5-7-14-8-6-11/h1-4,11,14H,5-8H2,(H,15,16). The Morgan fingerprint density at radius 2 is 1.94 bits per heavy atom. The fraction of sp³-hybridized carbons (Fsp3) is 0.417.